The first-order valence-electron chi connectivity index (χ1n) is 2.87. The average Bonchev–Trinajstić information content (AvgIpc) is 1.85. The molecule has 0 saturated carbocycles. The fourth-order valence-corrected chi connectivity index (χ4v) is 0.818. The predicted molar refractivity (Wildman–Crippen MR) is 40.6 cm³/mol. The number of hydrogen-bond acceptors (Lipinski definition) is 2. The molecule has 3 nitrogen and oxygen atoms in total. The number of rotatable bonds is 1. The molecule has 1 N–H and O–H groups in total. The SMILES string of the molecule is [NH]C(=O)Oc1cccc(Cl)c1. The van der Waals surface area contributed by atoms with Crippen LogP contribution in [0.5, 0.6) is 5.75 Å². The third-order valence-corrected chi connectivity index (χ3v) is 1.24. The van der Waals surface area contributed by atoms with Crippen molar-refractivity contribution in [1.29, 1.82) is 0 Å². The van der Waals surface area contributed by atoms with E-state index in [4.69, 9.17) is 17.3 Å². The van der Waals surface area contributed by atoms with Crippen molar-refractivity contribution in [2.24, 2.45) is 0 Å². The van der Waals surface area contributed by atoms with Gasteiger partial charge in [0.05, 0.1) is 0 Å². The van der Waals surface area contributed by atoms with Crippen LogP contribution in [0.3, 0.4) is 0 Å². The standard InChI is InChI=1S/C7H5ClNO2/c8-5-2-1-3-6(4-5)11-7(9)10/h1-4,9H. The minimum atomic E-state index is -1.09. The molecular formula is C7H5ClNO2. The highest BCUT2D eigenvalue weighted by Gasteiger charge is 1.98. The van der Waals surface area contributed by atoms with E-state index in [1.807, 2.05) is 0 Å². The Morgan fingerprint density at radius 1 is 1.55 bits per heavy atom. The number of amides is 1. The van der Waals surface area contributed by atoms with Crippen LogP contribution in [0.15, 0.2) is 24.3 Å². The Morgan fingerprint density at radius 3 is 2.82 bits per heavy atom. The minimum Gasteiger partial charge on any atom is -0.409 e. The van der Waals surface area contributed by atoms with Crippen molar-refractivity contribution in [3.63, 3.8) is 0 Å². The van der Waals surface area contributed by atoms with Gasteiger partial charge < -0.3 is 4.74 Å². The van der Waals surface area contributed by atoms with Crippen molar-refractivity contribution in [2.75, 3.05) is 0 Å². The molecule has 4 heteroatoms. The summed E-state index contributed by atoms with van der Waals surface area (Å²) >= 11 is 5.58. The molecule has 0 bridgehead atoms. The summed E-state index contributed by atoms with van der Waals surface area (Å²) in [6, 6.07) is 6.32. The number of benzene rings is 1. The van der Waals surface area contributed by atoms with Gasteiger partial charge in [0.2, 0.25) is 0 Å². The molecule has 0 unspecified atom stereocenters. The molecule has 0 aliphatic heterocycles. The van der Waals surface area contributed by atoms with Crippen LogP contribution in [0.1, 0.15) is 0 Å². The smallest absolute Gasteiger partial charge is 0.409 e. The maximum absolute atomic E-state index is 10.1. The first-order chi connectivity index (χ1) is 5.18. The zero-order valence-electron chi connectivity index (χ0n) is 5.50. The van der Waals surface area contributed by atoms with Gasteiger partial charge in [0.15, 0.2) is 0 Å². The quantitative estimate of drug-likeness (QED) is 0.648. The molecule has 1 aromatic rings. The van der Waals surface area contributed by atoms with E-state index >= 15 is 0 Å². The summed E-state index contributed by atoms with van der Waals surface area (Å²) < 4.78 is 4.44. The predicted octanol–water partition coefficient (Wildman–Crippen LogP) is 2.12. The maximum atomic E-state index is 10.1. The molecule has 1 amide bonds. The number of halogens is 1. The fraction of sp³-hybridized carbons (Fsp3) is 0. The van der Waals surface area contributed by atoms with Gasteiger partial charge in [0, 0.05) is 5.02 Å². The summed E-state index contributed by atoms with van der Waals surface area (Å²) in [5, 5.41) is 0.476. The third-order valence-electron chi connectivity index (χ3n) is 1.01. The van der Waals surface area contributed by atoms with Crippen LogP contribution in [0.4, 0.5) is 4.79 Å². The van der Waals surface area contributed by atoms with E-state index in [2.05, 4.69) is 4.74 Å². The average molecular weight is 171 g/mol. The molecule has 1 rings (SSSR count). The van der Waals surface area contributed by atoms with Crippen LogP contribution >= 0.6 is 11.6 Å². The number of ether oxygens (including phenoxy) is 1. The third kappa shape index (κ3) is 2.47. The Labute approximate surface area is 68.7 Å². The van der Waals surface area contributed by atoms with Gasteiger partial charge in [-0.3, -0.25) is 0 Å². The highest BCUT2D eigenvalue weighted by molar-refractivity contribution is 6.30. The summed E-state index contributed by atoms with van der Waals surface area (Å²) in [5.41, 5.74) is 6.48. The number of nitrogens with one attached hydrogen (secondary N) is 1. The van der Waals surface area contributed by atoms with E-state index in [0.717, 1.165) is 0 Å². The van der Waals surface area contributed by atoms with Gasteiger partial charge in [-0.2, -0.15) is 0 Å². The van der Waals surface area contributed by atoms with Gasteiger partial charge >= 0.3 is 6.09 Å². The number of hydrogen-bond donors (Lipinski definition) is 0. The second-order valence-corrected chi connectivity index (χ2v) is 2.28. The lowest BCUT2D eigenvalue weighted by molar-refractivity contribution is 0.209. The number of carbonyl (C=O) groups excluding carboxylic acids is 1. The minimum absolute atomic E-state index is 0.289. The van der Waals surface area contributed by atoms with Crippen molar-refractivity contribution in [3.8, 4) is 5.75 Å². The number of carbonyl (C=O) groups is 1. The first-order valence-corrected chi connectivity index (χ1v) is 3.25. The highest BCUT2D eigenvalue weighted by Crippen LogP contribution is 2.16. The van der Waals surface area contributed by atoms with Crippen molar-refractivity contribution < 1.29 is 9.53 Å². The van der Waals surface area contributed by atoms with Gasteiger partial charge in [-0.05, 0) is 18.2 Å². The second-order valence-electron chi connectivity index (χ2n) is 1.85. The van der Waals surface area contributed by atoms with Crippen LogP contribution < -0.4 is 10.5 Å². The largest absolute Gasteiger partial charge is 0.431 e. The van der Waals surface area contributed by atoms with E-state index in [-0.39, 0.29) is 5.75 Å². The van der Waals surface area contributed by atoms with Crippen LogP contribution in [0, 0.1) is 0 Å². The van der Waals surface area contributed by atoms with Crippen LogP contribution in [0.25, 0.3) is 0 Å². The van der Waals surface area contributed by atoms with Gasteiger partial charge in [-0.15, -0.1) is 0 Å². The molecule has 0 saturated heterocycles. The van der Waals surface area contributed by atoms with Crippen molar-refractivity contribution in [2.45, 2.75) is 0 Å². The molecule has 0 atom stereocenters. The topological polar surface area (TPSA) is 50.1 Å². The van der Waals surface area contributed by atoms with Gasteiger partial charge in [0.1, 0.15) is 5.75 Å². The van der Waals surface area contributed by atoms with Gasteiger partial charge in [-0.1, -0.05) is 17.7 Å². The van der Waals surface area contributed by atoms with E-state index in [1.165, 1.54) is 6.07 Å². The lowest BCUT2D eigenvalue weighted by Crippen LogP contribution is -2.04. The molecule has 0 spiro atoms. The van der Waals surface area contributed by atoms with Crippen LogP contribution in [-0.4, -0.2) is 6.09 Å². The molecular weight excluding hydrogens is 166 g/mol. The van der Waals surface area contributed by atoms with E-state index < -0.39 is 6.09 Å². The lowest BCUT2D eigenvalue weighted by Gasteiger charge is -1.98. The summed E-state index contributed by atoms with van der Waals surface area (Å²) in [4.78, 5) is 10.1. The van der Waals surface area contributed by atoms with Crippen LogP contribution in [-0.2, 0) is 0 Å². The lowest BCUT2D eigenvalue weighted by atomic mass is 10.3. The van der Waals surface area contributed by atoms with Crippen molar-refractivity contribution in [1.82, 2.24) is 5.73 Å². The summed E-state index contributed by atoms with van der Waals surface area (Å²) in [7, 11) is 0. The Balaban J connectivity index is 2.79. The summed E-state index contributed by atoms with van der Waals surface area (Å²) in [6.07, 6.45) is -1.09. The Morgan fingerprint density at radius 2 is 2.27 bits per heavy atom. The zero-order valence-corrected chi connectivity index (χ0v) is 6.26. The van der Waals surface area contributed by atoms with Gasteiger partial charge in [-0.25, -0.2) is 10.5 Å². The Bertz CT molecular complexity index is 275. The monoisotopic (exact) mass is 170 g/mol. The second kappa shape index (κ2) is 3.25. The fourth-order valence-electron chi connectivity index (χ4n) is 0.638. The maximum Gasteiger partial charge on any atom is 0.431 e. The van der Waals surface area contributed by atoms with Crippen molar-refractivity contribution >= 4 is 17.7 Å². The molecule has 0 aromatic heterocycles. The van der Waals surface area contributed by atoms with Crippen molar-refractivity contribution in [3.05, 3.63) is 29.3 Å². The highest BCUT2D eigenvalue weighted by atomic mass is 35.5. The molecule has 0 aliphatic rings. The molecule has 1 radical (unpaired) electrons. The van der Waals surface area contributed by atoms with Crippen LogP contribution in [0.2, 0.25) is 5.02 Å². The zero-order chi connectivity index (χ0) is 8.27. The normalized spacial score (nSPS) is 9.18. The molecule has 0 fully saturated rings. The molecule has 0 aliphatic carbocycles. The molecule has 0 heterocycles. The van der Waals surface area contributed by atoms with E-state index in [9.17, 15) is 4.79 Å². The van der Waals surface area contributed by atoms with E-state index in [0.29, 0.717) is 5.02 Å². The Kier molecular flexibility index (Phi) is 2.33. The molecule has 57 valence electrons. The summed E-state index contributed by atoms with van der Waals surface area (Å²) in [5.74, 6) is 0.289. The molecule has 11 heavy (non-hydrogen) atoms. The van der Waals surface area contributed by atoms with E-state index in [1.54, 1.807) is 18.2 Å². The summed E-state index contributed by atoms with van der Waals surface area (Å²) in [6.45, 7) is 0. The Hall–Kier alpha value is -1.22. The molecule has 1 aromatic carbocycles. The van der Waals surface area contributed by atoms with Gasteiger partial charge in [0.25, 0.3) is 0 Å². The first kappa shape index (κ1) is 7.88.